The summed E-state index contributed by atoms with van der Waals surface area (Å²) in [5.41, 5.74) is 0.918. The number of phenols is 1. The van der Waals surface area contributed by atoms with E-state index >= 15 is 0 Å². The maximum atomic E-state index is 12.1. The third kappa shape index (κ3) is 3.76. The van der Waals surface area contributed by atoms with E-state index in [1.54, 1.807) is 13.1 Å². The van der Waals surface area contributed by atoms with Crippen LogP contribution in [0, 0.1) is 5.92 Å². The first-order chi connectivity index (χ1) is 10.2. The highest BCUT2D eigenvalue weighted by molar-refractivity contribution is 5.79. The largest absolute Gasteiger partial charge is 0.508 e. The van der Waals surface area contributed by atoms with Crippen molar-refractivity contribution < 1.29 is 9.90 Å². The number of rotatable bonds is 5. The van der Waals surface area contributed by atoms with Crippen molar-refractivity contribution in [1.29, 1.82) is 0 Å². The molecule has 2 rings (SSSR count). The quantitative estimate of drug-likeness (QED) is 0.781. The molecule has 1 aromatic rings. The fourth-order valence-corrected chi connectivity index (χ4v) is 3.30. The van der Waals surface area contributed by atoms with E-state index in [4.69, 9.17) is 0 Å². The first-order valence-electron chi connectivity index (χ1n) is 7.92. The second kappa shape index (κ2) is 7.46. The molecule has 0 aliphatic heterocycles. The number of carbonyl (C=O) groups excluding carboxylic acids is 1. The Hall–Kier alpha value is -1.55. The molecule has 1 fully saturated rings. The summed E-state index contributed by atoms with van der Waals surface area (Å²) in [5.74, 6) is 0.479. The zero-order chi connectivity index (χ0) is 15.2. The Balaban J connectivity index is 2.13. The minimum atomic E-state index is 0.0312. The van der Waals surface area contributed by atoms with Gasteiger partial charge in [0, 0.05) is 24.7 Å². The molecule has 0 saturated heterocycles. The molecular weight excluding hydrogens is 264 g/mol. The maximum Gasteiger partial charge on any atom is 0.224 e. The lowest BCUT2D eigenvalue weighted by molar-refractivity contribution is -0.126. The molecular formula is C17H26N2O2. The van der Waals surface area contributed by atoms with Gasteiger partial charge in [-0.05, 0) is 25.3 Å². The lowest BCUT2D eigenvalue weighted by Gasteiger charge is -2.34. The van der Waals surface area contributed by atoms with Crippen LogP contribution in [0.4, 0.5) is 0 Å². The van der Waals surface area contributed by atoms with Crippen LogP contribution < -0.4 is 10.6 Å². The Kier molecular flexibility index (Phi) is 5.62. The molecule has 0 aromatic heterocycles. The number of hydrogen-bond donors (Lipinski definition) is 3. The Morgan fingerprint density at radius 2 is 2.05 bits per heavy atom. The molecule has 1 aromatic carbocycles. The van der Waals surface area contributed by atoms with Gasteiger partial charge in [0.25, 0.3) is 0 Å². The van der Waals surface area contributed by atoms with Crippen LogP contribution in [0.3, 0.4) is 0 Å². The van der Waals surface area contributed by atoms with Gasteiger partial charge < -0.3 is 15.7 Å². The molecule has 0 spiro atoms. The van der Waals surface area contributed by atoms with Crippen LogP contribution in [-0.4, -0.2) is 24.1 Å². The number of phenolic OH excluding ortho intramolecular Hbond substituents is 1. The molecule has 1 amide bonds. The van der Waals surface area contributed by atoms with Crippen molar-refractivity contribution in [3.63, 3.8) is 0 Å². The van der Waals surface area contributed by atoms with Gasteiger partial charge in [0.2, 0.25) is 5.91 Å². The minimum absolute atomic E-state index is 0.0312. The van der Waals surface area contributed by atoms with Crippen LogP contribution in [-0.2, 0) is 4.79 Å². The van der Waals surface area contributed by atoms with Gasteiger partial charge in [-0.25, -0.2) is 0 Å². The summed E-state index contributed by atoms with van der Waals surface area (Å²) in [6.07, 6.45) is 5.11. The maximum absolute atomic E-state index is 12.1. The summed E-state index contributed by atoms with van der Waals surface area (Å²) in [6.45, 7) is 2.10. The Morgan fingerprint density at radius 1 is 1.33 bits per heavy atom. The van der Waals surface area contributed by atoms with Gasteiger partial charge in [-0.1, -0.05) is 38.0 Å². The van der Waals surface area contributed by atoms with E-state index in [1.165, 1.54) is 0 Å². The Labute approximate surface area is 126 Å². The van der Waals surface area contributed by atoms with E-state index in [-0.39, 0.29) is 23.9 Å². The molecule has 1 aliphatic rings. The highest BCUT2D eigenvalue weighted by atomic mass is 16.3. The third-order valence-electron chi connectivity index (χ3n) is 4.48. The van der Waals surface area contributed by atoms with Gasteiger partial charge in [0.05, 0.1) is 5.92 Å². The first-order valence-corrected chi connectivity index (χ1v) is 7.92. The summed E-state index contributed by atoms with van der Waals surface area (Å²) in [5, 5.41) is 16.4. The van der Waals surface area contributed by atoms with Crippen molar-refractivity contribution >= 4 is 5.91 Å². The van der Waals surface area contributed by atoms with E-state index in [2.05, 4.69) is 17.6 Å². The molecule has 1 saturated carbocycles. The summed E-state index contributed by atoms with van der Waals surface area (Å²) in [6, 6.07) is 7.71. The highest BCUT2D eigenvalue weighted by Gasteiger charge is 2.32. The van der Waals surface area contributed by atoms with Gasteiger partial charge >= 0.3 is 0 Å². The van der Waals surface area contributed by atoms with Crippen molar-refractivity contribution in [2.24, 2.45) is 5.92 Å². The minimum Gasteiger partial charge on any atom is -0.508 e. The van der Waals surface area contributed by atoms with Crippen LogP contribution in [0.1, 0.15) is 50.6 Å². The molecule has 4 heteroatoms. The Morgan fingerprint density at radius 3 is 2.71 bits per heavy atom. The molecule has 1 aliphatic carbocycles. The Bertz CT molecular complexity index is 476. The summed E-state index contributed by atoms with van der Waals surface area (Å²) in [4.78, 5) is 12.1. The molecule has 0 unspecified atom stereocenters. The molecule has 21 heavy (non-hydrogen) atoms. The van der Waals surface area contributed by atoms with Crippen LogP contribution in [0.15, 0.2) is 24.3 Å². The molecule has 116 valence electrons. The molecule has 0 bridgehead atoms. The van der Waals surface area contributed by atoms with E-state index in [1.807, 2.05) is 18.2 Å². The molecule has 0 heterocycles. The average molecular weight is 290 g/mol. The number of benzene rings is 1. The monoisotopic (exact) mass is 290 g/mol. The number of para-hydroxylation sites is 1. The van der Waals surface area contributed by atoms with Crippen LogP contribution in [0.5, 0.6) is 5.75 Å². The third-order valence-corrected chi connectivity index (χ3v) is 4.48. The van der Waals surface area contributed by atoms with Crippen molar-refractivity contribution in [2.75, 3.05) is 7.05 Å². The number of amides is 1. The lowest BCUT2D eigenvalue weighted by atomic mass is 9.83. The van der Waals surface area contributed by atoms with Crippen molar-refractivity contribution in [3.8, 4) is 5.75 Å². The average Bonchev–Trinajstić information content (AvgIpc) is 2.53. The highest BCUT2D eigenvalue weighted by Crippen LogP contribution is 2.31. The van der Waals surface area contributed by atoms with E-state index in [0.717, 1.165) is 37.7 Å². The van der Waals surface area contributed by atoms with Crippen LogP contribution in [0.25, 0.3) is 0 Å². The summed E-state index contributed by atoms with van der Waals surface area (Å²) < 4.78 is 0. The van der Waals surface area contributed by atoms with Crippen molar-refractivity contribution in [2.45, 2.75) is 51.1 Å². The predicted octanol–water partition coefficient (Wildman–Crippen LogP) is 2.74. The van der Waals surface area contributed by atoms with Crippen molar-refractivity contribution in [1.82, 2.24) is 10.6 Å². The first kappa shape index (κ1) is 15.8. The summed E-state index contributed by atoms with van der Waals surface area (Å²) >= 11 is 0. The fraction of sp³-hybridized carbons (Fsp3) is 0.588. The zero-order valence-electron chi connectivity index (χ0n) is 12.9. The standard InChI is InChI=1S/C17H26N2O2/c1-3-14(12-8-5-7-11-16(12)20)19-15-10-6-4-9-13(15)17(21)18-2/h5,7-8,11,13-15,19-20H,3-4,6,9-10H2,1-2H3,(H,18,21)/t13-,14+,15-/m1/s1. The predicted molar refractivity (Wildman–Crippen MR) is 84.1 cm³/mol. The van der Waals surface area contributed by atoms with Gasteiger partial charge in [-0.15, -0.1) is 0 Å². The number of hydrogen-bond acceptors (Lipinski definition) is 3. The molecule has 3 N–H and O–H groups in total. The van der Waals surface area contributed by atoms with Crippen LogP contribution >= 0.6 is 0 Å². The summed E-state index contributed by atoms with van der Waals surface area (Å²) in [7, 11) is 1.70. The van der Waals surface area contributed by atoms with Gasteiger partial charge in [-0.2, -0.15) is 0 Å². The lowest BCUT2D eigenvalue weighted by Crippen LogP contribution is -2.46. The molecule has 0 radical (unpaired) electrons. The normalized spacial score (nSPS) is 23.5. The second-order valence-electron chi connectivity index (χ2n) is 5.80. The van der Waals surface area contributed by atoms with E-state index < -0.39 is 0 Å². The van der Waals surface area contributed by atoms with E-state index in [9.17, 15) is 9.90 Å². The molecule has 3 atom stereocenters. The van der Waals surface area contributed by atoms with E-state index in [0.29, 0.717) is 5.75 Å². The SMILES string of the molecule is CC[C@H](N[C@@H]1CCCC[C@H]1C(=O)NC)c1ccccc1O. The zero-order valence-corrected chi connectivity index (χ0v) is 12.9. The fourth-order valence-electron chi connectivity index (χ4n) is 3.30. The van der Waals surface area contributed by atoms with Gasteiger partial charge in [-0.3, -0.25) is 4.79 Å². The number of nitrogens with one attached hydrogen (secondary N) is 2. The van der Waals surface area contributed by atoms with Crippen LogP contribution in [0.2, 0.25) is 0 Å². The number of carbonyl (C=O) groups is 1. The second-order valence-corrected chi connectivity index (χ2v) is 5.80. The topological polar surface area (TPSA) is 61.4 Å². The molecule has 4 nitrogen and oxygen atoms in total. The number of aromatic hydroxyl groups is 1. The van der Waals surface area contributed by atoms with Gasteiger partial charge in [0.15, 0.2) is 0 Å². The smallest absolute Gasteiger partial charge is 0.224 e. The van der Waals surface area contributed by atoms with Crippen molar-refractivity contribution in [3.05, 3.63) is 29.8 Å². The van der Waals surface area contributed by atoms with Gasteiger partial charge in [0.1, 0.15) is 5.75 Å².